The van der Waals surface area contributed by atoms with Crippen LogP contribution >= 0.6 is 0 Å². The molecule has 1 rings (SSSR count). The first kappa shape index (κ1) is 16.3. The lowest BCUT2D eigenvalue weighted by Gasteiger charge is -2.28. The minimum absolute atomic E-state index is 0.0291. The van der Waals surface area contributed by atoms with Crippen LogP contribution in [0.4, 0.5) is 5.69 Å². The number of anilines is 1. The zero-order valence-electron chi connectivity index (χ0n) is 12.4. The van der Waals surface area contributed by atoms with E-state index in [-0.39, 0.29) is 12.3 Å². The minimum atomic E-state index is -0.888. The van der Waals surface area contributed by atoms with Gasteiger partial charge in [0.05, 0.1) is 18.6 Å². The Hall–Kier alpha value is -1.75. The van der Waals surface area contributed by atoms with Crippen LogP contribution in [0.5, 0.6) is 5.75 Å². The number of nitrogens with zero attached hydrogens (tertiary/aromatic N) is 1. The third-order valence-corrected chi connectivity index (χ3v) is 2.75. The van der Waals surface area contributed by atoms with E-state index in [0.29, 0.717) is 31.1 Å². The number of nitrogens with two attached hydrogens (primary N) is 1. The molecule has 0 aromatic heterocycles. The number of hydrogen-bond acceptors (Lipinski definition) is 4. The van der Waals surface area contributed by atoms with Crippen molar-refractivity contribution in [2.75, 3.05) is 25.4 Å². The molecular formula is C15H24N2O3. The standard InChI is InChI=1S/C15H24N2O3/c1-4-17(11-15(2,3)19)14(18)8-9-20-13-7-5-6-12(16)10-13/h5-7,10,19H,4,8-9,11,16H2,1-3H3. The molecule has 0 unspecified atom stereocenters. The Labute approximate surface area is 120 Å². The average Bonchev–Trinajstić information content (AvgIpc) is 2.34. The van der Waals surface area contributed by atoms with Gasteiger partial charge in [-0.3, -0.25) is 4.79 Å². The first-order chi connectivity index (χ1) is 9.31. The van der Waals surface area contributed by atoms with Crippen LogP contribution in [0.15, 0.2) is 24.3 Å². The summed E-state index contributed by atoms with van der Waals surface area (Å²) in [6.45, 7) is 6.45. The number of carbonyl (C=O) groups is 1. The molecule has 1 amide bonds. The number of likely N-dealkylation sites (N-methyl/N-ethyl adjacent to an activating group) is 1. The second kappa shape index (κ2) is 7.14. The Balaban J connectivity index is 2.42. The van der Waals surface area contributed by atoms with Gasteiger partial charge < -0.3 is 20.5 Å². The molecule has 0 aliphatic rings. The van der Waals surface area contributed by atoms with Gasteiger partial charge in [0.25, 0.3) is 0 Å². The first-order valence-corrected chi connectivity index (χ1v) is 6.80. The Bertz CT molecular complexity index is 441. The van der Waals surface area contributed by atoms with Gasteiger partial charge in [-0.15, -0.1) is 0 Å². The average molecular weight is 280 g/mol. The molecule has 5 heteroatoms. The summed E-state index contributed by atoms with van der Waals surface area (Å²) < 4.78 is 5.49. The van der Waals surface area contributed by atoms with Crippen molar-refractivity contribution in [3.05, 3.63) is 24.3 Å². The summed E-state index contributed by atoms with van der Waals surface area (Å²) in [6, 6.07) is 7.10. The Morgan fingerprint density at radius 3 is 2.70 bits per heavy atom. The molecule has 3 N–H and O–H groups in total. The van der Waals surface area contributed by atoms with Crippen molar-refractivity contribution in [3.63, 3.8) is 0 Å². The van der Waals surface area contributed by atoms with Crippen LogP contribution in [-0.4, -0.2) is 41.2 Å². The molecule has 20 heavy (non-hydrogen) atoms. The third-order valence-electron chi connectivity index (χ3n) is 2.75. The van der Waals surface area contributed by atoms with Crippen molar-refractivity contribution >= 4 is 11.6 Å². The van der Waals surface area contributed by atoms with Gasteiger partial charge in [0.1, 0.15) is 5.75 Å². The number of amides is 1. The second-order valence-electron chi connectivity index (χ2n) is 5.39. The summed E-state index contributed by atoms with van der Waals surface area (Å²) in [6.07, 6.45) is 0.277. The lowest BCUT2D eigenvalue weighted by atomic mass is 10.1. The summed E-state index contributed by atoms with van der Waals surface area (Å²) in [5.74, 6) is 0.627. The number of nitrogen functional groups attached to an aromatic ring is 1. The highest BCUT2D eigenvalue weighted by Gasteiger charge is 2.20. The number of hydrogen-bond donors (Lipinski definition) is 2. The highest BCUT2D eigenvalue weighted by molar-refractivity contribution is 5.76. The van der Waals surface area contributed by atoms with Crippen molar-refractivity contribution in [3.8, 4) is 5.75 Å². The Kier molecular flexibility index (Phi) is 5.82. The molecule has 0 saturated heterocycles. The normalized spacial score (nSPS) is 11.2. The summed E-state index contributed by atoms with van der Waals surface area (Å²) in [7, 11) is 0. The highest BCUT2D eigenvalue weighted by atomic mass is 16.5. The van der Waals surface area contributed by atoms with E-state index in [4.69, 9.17) is 10.5 Å². The van der Waals surface area contributed by atoms with Crippen LogP contribution < -0.4 is 10.5 Å². The van der Waals surface area contributed by atoms with Crippen molar-refractivity contribution in [1.82, 2.24) is 4.90 Å². The molecule has 0 bridgehead atoms. The number of aliphatic hydroxyl groups is 1. The topological polar surface area (TPSA) is 75.8 Å². The molecule has 112 valence electrons. The van der Waals surface area contributed by atoms with E-state index in [1.54, 1.807) is 43.0 Å². The van der Waals surface area contributed by atoms with Crippen LogP contribution in [0.2, 0.25) is 0 Å². The van der Waals surface area contributed by atoms with Crippen LogP contribution in [0.1, 0.15) is 27.2 Å². The van der Waals surface area contributed by atoms with Crippen LogP contribution in [0.3, 0.4) is 0 Å². The largest absolute Gasteiger partial charge is 0.493 e. The molecule has 0 saturated carbocycles. The fraction of sp³-hybridized carbons (Fsp3) is 0.533. The van der Waals surface area contributed by atoms with E-state index < -0.39 is 5.60 Å². The van der Waals surface area contributed by atoms with Crippen molar-refractivity contribution in [2.24, 2.45) is 0 Å². The molecular weight excluding hydrogens is 256 g/mol. The lowest BCUT2D eigenvalue weighted by Crippen LogP contribution is -2.42. The zero-order valence-corrected chi connectivity index (χ0v) is 12.4. The maximum atomic E-state index is 12.0. The minimum Gasteiger partial charge on any atom is -0.493 e. The van der Waals surface area contributed by atoms with E-state index in [0.717, 1.165) is 0 Å². The third kappa shape index (κ3) is 5.93. The molecule has 0 fully saturated rings. The zero-order chi connectivity index (χ0) is 15.2. The van der Waals surface area contributed by atoms with Gasteiger partial charge in [0, 0.05) is 24.8 Å². The smallest absolute Gasteiger partial charge is 0.226 e. The van der Waals surface area contributed by atoms with E-state index in [1.165, 1.54) is 0 Å². The lowest BCUT2D eigenvalue weighted by molar-refractivity contribution is -0.134. The SMILES string of the molecule is CCN(CC(C)(C)O)C(=O)CCOc1cccc(N)c1. The highest BCUT2D eigenvalue weighted by Crippen LogP contribution is 2.14. The fourth-order valence-electron chi connectivity index (χ4n) is 1.86. The quantitative estimate of drug-likeness (QED) is 0.745. The van der Waals surface area contributed by atoms with Gasteiger partial charge in [-0.1, -0.05) is 6.07 Å². The van der Waals surface area contributed by atoms with Crippen LogP contribution in [0, 0.1) is 0 Å². The number of ether oxygens (including phenoxy) is 1. The van der Waals surface area contributed by atoms with Crippen molar-refractivity contribution in [1.29, 1.82) is 0 Å². The molecule has 0 spiro atoms. The van der Waals surface area contributed by atoms with Gasteiger partial charge in [0.2, 0.25) is 5.91 Å². The van der Waals surface area contributed by atoms with Gasteiger partial charge in [-0.2, -0.15) is 0 Å². The maximum Gasteiger partial charge on any atom is 0.226 e. The number of rotatable bonds is 7. The van der Waals surface area contributed by atoms with Crippen LogP contribution in [0.25, 0.3) is 0 Å². The van der Waals surface area contributed by atoms with Crippen molar-refractivity contribution < 1.29 is 14.6 Å². The van der Waals surface area contributed by atoms with E-state index in [2.05, 4.69) is 0 Å². The molecule has 1 aromatic carbocycles. The molecule has 0 aliphatic carbocycles. The second-order valence-corrected chi connectivity index (χ2v) is 5.39. The molecule has 0 heterocycles. The Morgan fingerprint density at radius 2 is 2.15 bits per heavy atom. The van der Waals surface area contributed by atoms with Crippen LogP contribution in [-0.2, 0) is 4.79 Å². The predicted molar refractivity (Wildman–Crippen MR) is 79.5 cm³/mol. The summed E-state index contributed by atoms with van der Waals surface area (Å²) in [5, 5.41) is 9.76. The van der Waals surface area contributed by atoms with Gasteiger partial charge in [-0.05, 0) is 32.9 Å². The van der Waals surface area contributed by atoms with Gasteiger partial charge in [-0.25, -0.2) is 0 Å². The van der Waals surface area contributed by atoms with E-state index in [1.807, 2.05) is 6.92 Å². The Morgan fingerprint density at radius 1 is 1.45 bits per heavy atom. The van der Waals surface area contributed by atoms with Gasteiger partial charge >= 0.3 is 0 Å². The molecule has 0 radical (unpaired) electrons. The molecule has 0 atom stereocenters. The van der Waals surface area contributed by atoms with Crippen molar-refractivity contribution in [2.45, 2.75) is 32.8 Å². The summed E-state index contributed by atoms with van der Waals surface area (Å²) in [5.41, 5.74) is 5.39. The van der Waals surface area contributed by atoms with E-state index >= 15 is 0 Å². The predicted octanol–water partition coefficient (Wildman–Crippen LogP) is 1.66. The fourth-order valence-corrected chi connectivity index (χ4v) is 1.86. The molecule has 5 nitrogen and oxygen atoms in total. The maximum absolute atomic E-state index is 12.0. The van der Waals surface area contributed by atoms with E-state index in [9.17, 15) is 9.90 Å². The monoisotopic (exact) mass is 280 g/mol. The molecule has 0 aliphatic heterocycles. The summed E-state index contributed by atoms with van der Waals surface area (Å²) in [4.78, 5) is 13.6. The molecule has 1 aromatic rings. The summed E-state index contributed by atoms with van der Waals surface area (Å²) >= 11 is 0. The first-order valence-electron chi connectivity index (χ1n) is 6.80. The van der Waals surface area contributed by atoms with Gasteiger partial charge in [0.15, 0.2) is 0 Å². The number of benzene rings is 1. The number of carbonyl (C=O) groups excluding carboxylic acids is 1.